The van der Waals surface area contributed by atoms with E-state index in [0.29, 0.717) is 58.2 Å². The SMILES string of the molecule is COc1cc(C(=O)N(C)CCO)ccc1-c1cc2ncc(F)c(-c3ccc(NC4CCOCC4)c(C#N)c3)c2o1. The number of nitriles is 1. The van der Waals surface area contributed by atoms with Gasteiger partial charge in [-0.15, -0.1) is 0 Å². The monoisotopic (exact) mass is 544 g/mol. The number of carbonyl (C=O) groups is 1. The predicted octanol–water partition coefficient (Wildman–Crippen LogP) is 4.84. The Morgan fingerprint density at radius 2 is 2.05 bits per heavy atom. The molecule has 1 aliphatic rings. The minimum Gasteiger partial charge on any atom is -0.496 e. The molecule has 1 amide bonds. The van der Waals surface area contributed by atoms with Crippen LogP contribution in [-0.2, 0) is 4.74 Å². The van der Waals surface area contributed by atoms with Gasteiger partial charge in [-0.05, 0) is 48.7 Å². The number of benzene rings is 2. The van der Waals surface area contributed by atoms with E-state index in [1.807, 2.05) is 0 Å². The molecule has 40 heavy (non-hydrogen) atoms. The molecule has 0 spiro atoms. The molecular weight excluding hydrogens is 515 g/mol. The number of fused-ring (bicyclic) bond motifs is 1. The van der Waals surface area contributed by atoms with E-state index in [9.17, 15) is 10.1 Å². The molecule has 1 saturated heterocycles. The van der Waals surface area contributed by atoms with Crippen LogP contribution in [0.3, 0.4) is 0 Å². The molecule has 9 nitrogen and oxygen atoms in total. The number of nitrogens with zero attached hydrogens (tertiary/aromatic N) is 3. The average Bonchev–Trinajstić information content (AvgIpc) is 3.41. The molecule has 5 rings (SSSR count). The summed E-state index contributed by atoms with van der Waals surface area (Å²) in [7, 11) is 3.08. The number of likely N-dealkylation sites (N-methyl/N-ethyl adjacent to an activating group) is 1. The lowest BCUT2D eigenvalue weighted by atomic mass is 10.0. The molecule has 2 aromatic carbocycles. The van der Waals surface area contributed by atoms with Gasteiger partial charge in [0.2, 0.25) is 0 Å². The minimum atomic E-state index is -0.581. The van der Waals surface area contributed by atoms with Crippen molar-refractivity contribution >= 4 is 22.7 Å². The Hall–Kier alpha value is -4.46. The highest BCUT2D eigenvalue weighted by molar-refractivity contribution is 5.96. The van der Waals surface area contributed by atoms with E-state index in [4.69, 9.17) is 19.0 Å². The smallest absolute Gasteiger partial charge is 0.253 e. The van der Waals surface area contributed by atoms with Gasteiger partial charge in [0, 0.05) is 44.5 Å². The van der Waals surface area contributed by atoms with Gasteiger partial charge in [-0.2, -0.15) is 5.26 Å². The van der Waals surface area contributed by atoms with Gasteiger partial charge in [-0.1, -0.05) is 6.07 Å². The number of hydrogen-bond donors (Lipinski definition) is 2. The summed E-state index contributed by atoms with van der Waals surface area (Å²) in [6, 6.07) is 14.2. The first-order valence-corrected chi connectivity index (χ1v) is 12.9. The second kappa shape index (κ2) is 11.7. The third-order valence-corrected chi connectivity index (χ3v) is 7.00. The van der Waals surface area contributed by atoms with E-state index in [1.54, 1.807) is 49.5 Å². The number of furan rings is 1. The zero-order valence-electron chi connectivity index (χ0n) is 22.2. The Kier molecular flexibility index (Phi) is 7.96. The quantitative estimate of drug-likeness (QED) is 0.323. The Morgan fingerprint density at radius 3 is 2.77 bits per heavy atom. The number of nitrogens with one attached hydrogen (secondary N) is 1. The molecule has 1 aliphatic heterocycles. The number of carbonyl (C=O) groups excluding carboxylic acids is 1. The number of amides is 1. The van der Waals surface area contributed by atoms with E-state index in [-0.39, 0.29) is 36.2 Å². The van der Waals surface area contributed by atoms with Gasteiger partial charge in [0.25, 0.3) is 5.91 Å². The molecule has 206 valence electrons. The standard InChI is InChI=1S/C30H29FN4O5/c1-35(9-10-36)30(37)19-3-5-22(26(14-19)38-2)27-15-25-29(40-27)28(23(31)17-33-25)18-4-6-24(20(13-18)16-32)34-21-7-11-39-12-8-21/h3-6,13-15,17,21,34,36H,7-12H2,1-2H3. The highest BCUT2D eigenvalue weighted by atomic mass is 19.1. The number of ether oxygens (including phenoxy) is 2. The van der Waals surface area contributed by atoms with Gasteiger partial charge in [0.1, 0.15) is 23.1 Å². The Balaban J connectivity index is 1.52. The highest BCUT2D eigenvalue weighted by Gasteiger charge is 2.22. The summed E-state index contributed by atoms with van der Waals surface area (Å²) in [5.74, 6) is -0.0771. The molecule has 0 saturated carbocycles. The largest absolute Gasteiger partial charge is 0.496 e. The zero-order valence-corrected chi connectivity index (χ0v) is 22.2. The van der Waals surface area contributed by atoms with Gasteiger partial charge in [0.05, 0.1) is 42.3 Å². The maximum absolute atomic E-state index is 15.2. The van der Waals surface area contributed by atoms with Crippen molar-refractivity contribution in [3.8, 4) is 34.3 Å². The van der Waals surface area contributed by atoms with Crippen molar-refractivity contribution in [2.45, 2.75) is 18.9 Å². The fourth-order valence-electron chi connectivity index (χ4n) is 4.84. The van der Waals surface area contributed by atoms with Crippen molar-refractivity contribution in [2.75, 3.05) is 45.8 Å². The summed E-state index contributed by atoms with van der Waals surface area (Å²) in [4.78, 5) is 18.3. The van der Waals surface area contributed by atoms with Crippen molar-refractivity contribution in [3.63, 3.8) is 0 Å². The highest BCUT2D eigenvalue weighted by Crippen LogP contribution is 2.39. The minimum absolute atomic E-state index is 0.145. The number of pyridine rings is 1. The average molecular weight is 545 g/mol. The second-order valence-corrected chi connectivity index (χ2v) is 9.57. The van der Waals surface area contributed by atoms with Crippen LogP contribution in [-0.4, -0.2) is 67.5 Å². The first kappa shape index (κ1) is 27.1. The topological polar surface area (TPSA) is 121 Å². The van der Waals surface area contributed by atoms with Crippen molar-refractivity contribution < 1.29 is 28.2 Å². The van der Waals surface area contributed by atoms with E-state index in [0.717, 1.165) is 19.0 Å². The summed E-state index contributed by atoms with van der Waals surface area (Å²) in [6.45, 7) is 1.40. The number of anilines is 1. The summed E-state index contributed by atoms with van der Waals surface area (Å²) in [5.41, 5.74) is 3.37. The lowest BCUT2D eigenvalue weighted by Gasteiger charge is -2.24. The van der Waals surface area contributed by atoms with Crippen LogP contribution in [0.15, 0.2) is 53.1 Å². The molecular formula is C30H29FN4O5. The van der Waals surface area contributed by atoms with Crippen LogP contribution >= 0.6 is 0 Å². The van der Waals surface area contributed by atoms with Gasteiger partial charge < -0.3 is 29.2 Å². The molecule has 0 bridgehead atoms. The summed E-state index contributed by atoms with van der Waals surface area (Å²) in [6.07, 6.45) is 2.83. The molecule has 1 fully saturated rings. The third kappa shape index (κ3) is 5.34. The first-order valence-electron chi connectivity index (χ1n) is 12.9. The molecule has 0 unspecified atom stereocenters. The normalized spacial score (nSPS) is 13.7. The van der Waals surface area contributed by atoms with Crippen LogP contribution in [0.25, 0.3) is 33.6 Å². The fourth-order valence-corrected chi connectivity index (χ4v) is 4.84. The Morgan fingerprint density at radius 1 is 1.25 bits per heavy atom. The molecule has 0 aliphatic carbocycles. The molecule has 2 N–H and O–H groups in total. The molecule has 2 aromatic heterocycles. The van der Waals surface area contributed by atoms with Crippen LogP contribution in [0.5, 0.6) is 5.75 Å². The molecule has 4 aromatic rings. The number of hydrogen-bond acceptors (Lipinski definition) is 8. The number of halogens is 1. The lowest BCUT2D eigenvalue weighted by Crippen LogP contribution is -2.29. The molecule has 0 radical (unpaired) electrons. The maximum atomic E-state index is 15.2. The van der Waals surface area contributed by atoms with E-state index in [1.165, 1.54) is 12.0 Å². The van der Waals surface area contributed by atoms with Gasteiger partial charge in [0.15, 0.2) is 11.4 Å². The molecule has 3 heterocycles. The fraction of sp³-hybridized carbons (Fsp3) is 0.300. The number of aliphatic hydroxyl groups is 1. The number of rotatable bonds is 8. The summed E-state index contributed by atoms with van der Waals surface area (Å²) < 4.78 is 32.3. The van der Waals surface area contributed by atoms with E-state index >= 15 is 4.39 Å². The van der Waals surface area contributed by atoms with Crippen LogP contribution in [0.2, 0.25) is 0 Å². The lowest BCUT2D eigenvalue weighted by molar-refractivity contribution is 0.0766. The van der Waals surface area contributed by atoms with Crippen LogP contribution in [0.4, 0.5) is 10.1 Å². The Bertz CT molecular complexity index is 1590. The van der Waals surface area contributed by atoms with Gasteiger partial charge in [-0.25, -0.2) is 9.37 Å². The van der Waals surface area contributed by atoms with E-state index in [2.05, 4.69) is 16.4 Å². The van der Waals surface area contributed by atoms with Crippen LogP contribution in [0, 0.1) is 17.1 Å². The first-order chi connectivity index (χ1) is 19.4. The van der Waals surface area contributed by atoms with Crippen LogP contribution < -0.4 is 10.1 Å². The zero-order chi connectivity index (χ0) is 28.2. The molecule has 0 atom stereocenters. The maximum Gasteiger partial charge on any atom is 0.253 e. The van der Waals surface area contributed by atoms with Gasteiger partial charge >= 0.3 is 0 Å². The summed E-state index contributed by atoms with van der Waals surface area (Å²) >= 11 is 0. The van der Waals surface area contributed by atoms with Crippen molar-refractivity contribution in [2.24, 2.45) is 0 Å². The second-order valence-electron chi connectivity index (χ2n) is 9.57. The van der Waals surface area contributed by atoms with Crippen LogP contribution in [0.1, 0.15) is 28.8 Å². The number of aromatic nitrogens is 1. The predicted molar refractivity (Wildman–Crippen MR) is 148 cm³/mol. The van der Waals surface area contributed by atoms with Crippen molar-refractivity contribution in [1.82, 2.24) is 9.88 Å². The van der Waals surface area contributed by atoms with Crippen molar-refractivity contribution in [3.05, 3.63) is 65.6 Å². The van der Waals surface area contributed by atoms with Crippen molar-refractivity contribution in [1.29, 1.82) is 5.26 Å². The van der Waals surface area contributed by atoms with Gasteiger partial charge in [-0.3, -0.25) is 4.79 Å². The third-order valence-electron chi connectivity index (χ3n) is 7.00. The molecule has 10 heteroatoms. The summed E-state index contributed by atoms with van der Waals surface area (Å²) in [5, 5.41) is 22.4. The Labute approximate surface area is 230 Å². The van der Waals surface area contributed by atoms with E-state index < -0.39 is 5.82 Å². The number of methoxy groups -OCH3 is 1. The number of aliphatic hydroxyl groups excluding tert-OH is 1.